The van der Waals surface area contributed by atoms with Crippen LogP contribution in [0.5, 0.6) is 0 Å². The number of anilines is 2. The van der Waals surface area contributed by atoms with Gasteiger partial charge in [-0.2, -0.15) is 4.37 Å². The highest BCUT2D eigenvalue weighted by atomic mass is 32.1. The number of nitrogens with one attached hydrogen (secondary N) is 1. The number of aromatic nitrogens is 2. The van der Waals surface area contributed by atoms with E-state index in [1.54, 1.807) is 36.5 Å². The van der Waals surface area contributed by atoms with Gasteiger partial charge in [0.2, 0.25) is 5.91 Å². The van der Waals surface area contributed by atoms with Crippen LogP contribution in [0.3, 0.4) is 0 Å². The molecular weight excluding hydrogens is 504 g/mol. The van der Waals surface area contributed by atoms with E-state index in [4.69, 9.17) is 16.2 Å². The van der Waals surface area contributed by atoms with Gasteiger partial charge in [-0.15, -0.1) is 0 Å². The van der Waals surface area contributed by atoms with Crippen LogP contribution in [0.15, 0.2) is 66.9 Å². The minimum absolute atomic E-state index is 0.0158. The summed E-state index contributed by atoms with van der Waals surface area (Å²) in [7, 11) is 0. The summed E-state index contributed by atoms with van der Waals surface area (Å²) in [4.78, 5) is 45.5. The van der Waals surface area contributed by atoms with Crippen molar-refractivity contribution in [2.45, 2.75) is 25.0 Å². The molecule has 4 aromatic rings. The maximum absolute atomic E-state index is 14.1. The molecule has 2 atom stereocenters. The van der Waals surface area contributed by atoms with Crippen molar-refractivity contribution in [3.63, 3.8) is 0 Å². The average molecular weight is 531 g/mol. The lowest BCUT2D eigenvalue weighted by Crippen LogP contribution is -2.45. The van der Waals surface area contributed by atoms with E-state index < -0.39 is 17.9 Å². The molecule has 3 amide bonds. The van der Waals surface area contributed by atoms with Gasteiger partial charge in [0, 0.05) is 30.4 Å². The molecule has 38 heavy (non-hydrogen) atoms. The predicted octanol–water partition coefficient (Wildman–Crippen LogP) is 3.06. The van der Waals surface area contributed by atoms with Gasteiger partial charge < -0.3 is 21.5 Å². The SMILES string of the molecule is NC(=O)c1nsc(C(=O)N(c2ccccc2)[C@@H](C(=O)NC[C@@H]2CCCO2)c2ccc3ncccc3c2)c1N. The monoisotopic (exact) mass is 530 g/mol. The molecule has 2 aromatic carbocycles. The van der Waals surface area contributed by atoms with E-state index in [1.165, 1.54) is 4.90 Å². The molecule has 10 nitrogen and oxygen atoms in total. The highest BCUT2D eigenvalue weighted by Crippen LogP contribution is 2.34. The number of carbonyl (C=O) groups is 3. The van der Waals surface area contributed by atoms with Crippen LogP contribution in [-0.2, 0) is 9.53 Å². The number of rotatable bonds is 8. The Hall–Kier alpha value is -4.35. The highest BCUT2D eigenvalue weighted by molar-refractivity contribution is 7.09. The Balaban J connectivity index is 1.62. The van der Waals surface area contributed by atoms with Crippen LogP contribution in [0, 0.1) is 0 Å². The van der Waals surface area contributed by atoms with Crippen molar-refractivity contribution in [3.05, 3.63) is 83.0 Å². The minimum Gasteiger partial charge on any atom is -0.395 e. The molecule has 0 bridgehead atoms. The van der Waals surface area contributed by atoms with E-state index in [9.17, 15) is 14.4 Å². The molecule has 1 aliphatic rings. The van der Waals surface area contributed by atoms with E-state index in [0.717, 1.165) is 35.3 Å². The molecular formula is C27H26N6O4S. The van der Waals surface area contributed by atoms with Crippen LogP contribution in [0.2, 0.25) is 0 Å². The van der Waals surface area contributed by atoms with Gasteiger partial charge in [0.25, 0.3) is 11.8 Å². The van der Waals surface area contributed by atoms with Crippen LogP contribution in [0.4, 0.5) is 11.4 Å². The Kier molecular flexibility index (Phi) is 7.29. The van der Waals surface area contributed by atoms with Crippen LogP contribution < -0.4 is 21.7 Å². The molecule has 0 spiro atoms. The van der Waals surface area contributed by atoms with Crippen LogP contribution >= 0.6 is 11.5 Å². The lowest BCUT2D eigenvalue weighted by atomic mass is 10.00. The third-order valence-electron chi connectivity index (χ3n) is 6.39. The summed E-state index contributed by atoms with van der Waals surface area (Å²) in [5.74, 6) is -1.81. The molecule has 5 rings (SSSR count). The Morgan fingerprint density at radius 2 is 1.95 bits per heavy atom. The topological polar surface area (TPSA) is 154 Å². The summed E-state index contributed by atoms with van der Waals surface area (Å²) >= 11 is 0.767. The van der Waals surface area contributed by atoms with Gasteiger partial charge in [-0.3, -0.25) is 24.3 Å². The number of benzene rings is 2. The lowest BCUT2D eigenvalue weighted by molar-refractivity contribution is -0.123. The van der Waals surface area contributed by atoms with Gasteiger partial charge in [0.15, 0.2) is 5.69 Å². The summed E-state index contributed by atoms with van der Waals surface area (Å²) < 4.78 is 9.67. The Bertz CT molecular complexity index is 1490. The zero-order chi connectivity index (χ0) is 26.6. The molecule has 2 aromatic heterocycles. The van der Waals surface area contributed by atoms with Crippen molar-refractivity contribution in [2.24, 2.45) is 5.73 Å². The zero-order valence-corrected chi connectivity index (χ0v) is 21.2. The fourth-order valence-corrected chi connectivity index (χ4v) is 5.25. The van der Waals surface area contributed by atoms with E-state index in [2.05, 4.69) is 14.7 Å². The molecule has 194 valence electrons. The Labute approximate surface area is 222 Å². The number of hydrogen-bond donors (Lipinski definition) is 3. The molecule has 1 aliphatic heterocycles. The van der Waals surface area contributed by atoms with Crippen molar-refractivity contribution in [3.8, 4) is 0 Å². The van der Waals surface area contributed by atoms with Crippen molar-refractivity contribution in [1.82, 2.24) is 14.7 Å². The first kappa shape index (κ1) is 25.3. The molecule has 1 saturated heterocycles. The zero-order valence-electron chi connectivity index (χ0n) is 20.4. The number of ether oxygens (including phenoxy) is 1. The smallest absolute Gasteiger partial charge is 0.273 e. The summed E-state index contributed by atoms with van der Waals surface area (Å²) in [6.07, 6.45) is 3.39. The first-order chi connectivity index (χ1) is 18.4. The minimum atomic E-state index is -1.07. The number of hydrogen-bond acceptors (Lipinski definition) is 8. The first-order valence-corrected chi connectivity index (χ1v) is 12.9. The predicted molar refractivity (Wildman–Crippen MR) is 145 cm³/mol. The second-order valence-electron chi connectivity index (χ2n) is 8.89. The van der Waals surface area contributed by atoms with Crippen LogP contribution in [0.1, 0.15) is 44.6 Å². The first-order valence-electron chi connectivity index (χ1n) is 12.1. The number of nitrogens with zero attached hydrogens (tertiary/aromatic N) is 3. The summed E-state index contributed by atoms with van der Waals surface area (Å²) in [6.45, 7) is 0.971. The molecule has 0 radical (unpaired) electrons. The number of nitrogens with two attached hydrogens (primary N) is 2. The third-order valence-corrected chi connectivity index (χ3v) is 7.24. The quantitative estimate of drug-likeness (QED) is 0.316. The maximum atomic E-state index is 14.1. The Morgan fingerprint density at radius 1 is 1.13 bits per heavy atom. The molecule has 0 aliphatic carbocycles. The van der Waals surface area contributed by atoms with Gasteiger partial charge in [-0.25, -0.2) is 0 Å². The summed E-state index contributed by atoms with van der Waals surface area (Å²) in [6, 6.07) is 16.9. The van der Waals surface area contributed by atoms with Gasteiger partial charge >= 0.3 is 0 Å². The maximum Gasteiger partial charge on any atom is 0.273 e. The van der Waals surface area contributed by atoms with Crippen molar-refractivity contribution in [1.29, 1.82) is 0 Å². The normalized spacial score (nSPS) is 15.7. The molecule has 1 fully saturated rings. The van der Waals surface area contributed by atoms with E-state index in [0.29, 0.717) is 24.4 Å². The van der Waals surface area contributed by atoms with Crippen LogP contribution in [0.25, 0.3) is 10.9 Å². The van der Waals surface area contributed by atoms with Gasteiger partial charge in [0.1, 0.15) is 10.9 Å². The number of pyridine rings is 1. The third kappa shape index (κ3) is 5.06. The Morgan fingerprint density at radius 3 is 2.66 bits per heavy atom. The number of para-hydroxylation sites is 1. The molecule has 5 N–H and O–H groups in total. The van der Waals surface area contributed by atoms with Crippen LogP contribution in [-0.4, -0.2) is 46.3 Å². The average Bonchev–Trinajstić information content (AvgIpc) is 3.60. The fraction of sp³-hybridized carbons (Fsp3) is 0.222. The number of amides is 3. The standard InChI is InChI=1S/C27H26N6O4S/c28-21-22(25(29)34)32-38-24(21)27(36)33(18-7-2-1-3-8-18)23(26(35)31-15-19-9-5-13-37-19)17-10-11-20-16(14-17)6-4-12-30-20/h1-4,6-8,10-12,14,19,23H,5,9,13,15,28H2,(H2,29,34)(H,31,35)/t19-,23+/m0/s1. The van der Waals surface area contributed by atoms with Crippen molar-refractivity contribution in [2.75, 3.05) is 23.8 Å². The second kappa shape index (κ2) is 11.0. The number of carbonyl (C=O) groups excluding carboxylic acids is 3. The highest BCUT2D eigenvalue weighted by Gasteiger charge is 2.36. The summed E-state index contributed by atoms with van der Waals surface area (Å²) in [5.41, 5.74) is 13.0. The van der Waals surface area contributed by atoms with Gasteiger partial charge in [-0.05, 0) is 60.3 Å². The van der Waals surface area contributed by atoms with E-state index >= 15 is 0 Å². The van der Waals surface area contributed by atoms with Gasteiger partial charge in [-0.1, -0.05) is 30.3 Å². The van der Waals surface area contributed by atoms with E-state index in [1.807, 2.05) is 30.3 Å². The largest absolute Gasteiger partial charge is 0.395 e. The lowest BCUT2D eigenvalue weighted by Gasteiger charge is -2.31. The fourth-order valence-electron chi connectivity index (χ4n) is 4.51. The number of fused-ring (bicyclic) bond motifs is 1. The second-order valence-corrected chi connectivity index (χ2v) is 9.66. The summed E-state index contributed by atoms with van der Waals surface area (Å²) in [5, 5.41) is 3.79. The molecule has 3 heterocycles. The molecule has 0 saturated carbocycles. The van der Waals surface area contributed by atoms with E-state index in [-0.39, 0.29) is 28.3 Å². The van der Waals surface area contributed by atoms with Gasteiger partial charge in [0.05, 0.1) is 17.3 Å². The van der Waals surface area contributed by atoms with Crippen molar-refractivity contribution >= 4 is 51.5 Å². The number of primary amides is 1. The molecule has 11 heteroatoms. The number of nitrogen functional groups attached to an aromatic ring is 1. The molecule has 0 unspecified atom stereocenters. The van der Waals surface area contributed by atoms with Crippen molar-refractivity contribution < 1.29 is 19.1 Å².